The molecule has 8 atom stereocenters. The number of rotatable bonds is 0. The molecular weight excluding hydrogens is 218 g/mol. The summed E-state index contributed by atoms with van der Waals surface area (Å²) >= 11 is 0. The van der Waals surface area contributed by atoms with Crippen LogP contribution in [0.2, 0.25) is 0 Å². The molecule has 2 aliphatic heterocycles. The van der Waals surface area contributed by atoms with Crippen molar-refractivity contribution in [3.63, 3.8) is 0 Å². The molecule has 0 N–H and O–H groups in total. The first kappa shape index (κ1) is 7.95. The third kappa shape index (κ3) is 0.478. The van der Waals surface area contributed by atoms with Crippen molar-refractivity contribution in [1.82, 2.24) is 13.9 Å². The van der Waals surface area contributed by atoms with Gasteiger partial charge in [0.05, 0.1) is 12.1 Å². The van der Waals surface area contributed by atoms with E-state index in [1.54, 1.807) is 7.05 Å². The quantitative estimate of drug-likeness (QED) is 0.609. The number of hydrogen-bond donors (Lipinski definition) is 0. The number of aromatic nitrogens is 3. The van der Waals surface area contributed by atoms with Crippen LogP contribution in [-0.4, -0.2) is 13.9 Å². The van der Waals surface area contributed by atoms with Gasteiger partial charge in [-0.2, -0.15) is 0 Å². The van der Waals surface area contributed by atoms with Crippen molar-refractivity contribution in [1.29, 1.82) is 0 Å². The maximum Gasteiger partial charge on any atom is 0.347 e. The lowest BCUT2D eigenvalue weighted by atomic mass is 9.37. The van der Waals surface area contributed by atoms with Crippen molar-refractivity contribution in [2.75, 3.05) is 0 Å². The normalized spacial score (nSPS) is 57.9. The highest BCUT2D eigenvalue weighted by molar-refractivity contribution is 5.30. The summed E-state index contributed by atoms with van der Waals surface area (Å²) in [4.78, 5) is 24.3. The fourth-order valence-electron chi connectivity index (χ4n) is 6.52. The van der Waals surface area contributed by atoms with E-state index in [0.29, 0.717) is 18.0 Å². The van der Waals surface area contributed by atoms with E-state index in [9.17, 15) is 9.59 Å². The highest BCUT2D eigenvalue weighted by Crippen LogP contribution is 2.85. The lowest BCUT2D eigenvalue weighted by Gasteiger charge is -2.73. The standard InChI is InChI=1S/C12H13N3O2/c1-13-11(16)14-9-4-2-3-5-7(4)10(8(5)6(3)9)15(14)12(13)17/h3-10H,2H2,1H3/t3-,4+,5-,6-,7+,8-,9-,10-/m0/s1. The second-order valence-electron chi connectivity index (χ2n) is 6.67. The van der Waals surface area contributed by atoms with Gasteiger partial charge in [0.1, 0.15) is 0 Å². The Morgan fingerprint density at radius 3 is 2.24 bits per heavy atom. The van der Waals surface area contributed by atoms with Gasteiger partial charge in [0.15, 0.2) is 0 Å². The van der Waals surface area contributed by atoms with Crippen molar-refractivity contribution >= 4 is 0 Å². The molecule has 4 aliphatic carbocycles. The van der Waals surface area contributed by atoms with Crippen LogP contribution < -0.4 is 11.4 Å². The maximum absolute atomic E-state index is 12.2. The van der Waals surface area contributed by atoms with Gasteiger partial charge in [-0.1, -0.05) is 0 Å². The molecule has 1 aromatic heterocycles. The van der Waals surface area contributed by atoms with Crippen LogP contribution in [0.1, 0.15) is 18.5 Å². The summed E-state index contributed by atoms with van der Waals surface area (Å²) in [7, 11) is 1.61. The molecule has 5 heteroatoms. The van der Waals surface area contributed by atoms with Crippen LogP contribution in [0.4, 0.5) is 0 Å². The van der Waals surface area contributed by atoms with Crippen molar-refractivity contribution in [3.05, 3.63) is 21.0 Å². The highest BCUT2D eigenvalue weighted by atomic mass is 16.2. The molecule has 4 fully saturated rings. The van der Waals surface area contributed by atoms with Crippen LogP contribution in [-0.2, 0) is 7.05 Å². The van der Waals surface area contributed by atoms with E-state index >= 15 is 0 Å². The summed E-state index contributed by atoms with van der Waals surface area (Å²) in [6.45, 7) is 0. The zero-order valence-electron chi connectivity index (χ0n) is 9.48. The Morgan fingerprint density at radius 2 is 1.53 bits per heavy atom. The second-order valence-corrected chi connectivity index (χ2v) is 6.67. The predicted octanol–water partition coefficient (Wildman–Crippen LogP) is -0.414. The molecule has 1 aromatic rings. The fraction of sp³-hybridized carbons (Fsp3) is 0.833. The summed E-state index contributed by atoms with van der Waals surface area (Å²) in [6, 6.07) is 0.742. The first-order chi connectivity index (χ1) is 8.22. The lowest BCUT2D eigenvalue weighted by molar-refractivity contribution is -0.264. The van der Waals surface area contributed by atoms with E-state index in [1.165, 1.54) is 11.0 Å². The third-order valence-electron chi connectivity index (χ3n) is 6.75. The SMILES string of the molecule is Cn1c(=O)n2n(c1=O)[C@H]1[C@@H]3C[C@H]4[C@@H]5[C@@H]([C@H]41)[C@@H]2[C@H]35. The van der Waals surface area contributed by atoms with Crippen molar-refractivity contribution in [3.8, 4) is 0 Å². The molecule has 88 valence electrons. The van der Waals surface area contributed by atoms with E-state index in [4.69, 9.17) is 0 Å². The Balaban J connectivity index is 1.80. The van der Waals surface area contributed by atoms with E-state index < -0.39 is 0 Å². The van der Waals surface area contributed by atoms with Gasteiger partial charge in [0, 0.05) is 7.05 Å². The van der Waals surface area contributed by atoms with Crippen LogP contribution in [0, 0.1) is 35.5 Å². The van der Waals surface area contributed by atoms with Gasteiger partial charge in [-0.15, -0.1) is 0 Å². The molecular formula is C12H13N3O2. The van der Waals surface area contributed by atoms with E-state index in [0.717, 1.165) is 29.6 Å². The summed E-state index contributed by atoms with van der Waals surface area (Å²) in [6.07, 6.45) is 1.33. The van der Waals surface area contributed by atoms with Gasteiger partial charge < -0.3 is 0 Å². The predicted molar refractivity (Wildman–Crippen MR) is 57.6 cm³/mol. The molecule has 5 nitrogen and oxygen atoms in total. The van der Waals surface area contributed by atoms with Gasteiger partial charge in [-0.3, -0.25) is 0 Å². The van der Waals surface area contributed by atoms with Crippen molar-refractivity contribution in [2.45, 2.75) is 18.5 Å². The van der Waals surface area contributed by atoms with Crippen LogP contribution >= 0.6 is 0 Å². The minimum atomic E-state index is -0.0873. The molecule has 0 spiro atoms. The van der Waals surface area contributed by atoms with Gasteiger partial charge in [0.2, 0.25) is 0 Å². The molecule has 0 saturated heterocycles. The molecule has 7 rings (SSSR count). The fourth-order valence-corrected chi connectivity index (χ4v) is 6.52. The van der Waals surface area contributed by atoms with Gasteiger partial charge in [-0.25, -0.2) is 23.5 Å². The topological polar surface area (TPSA) is 48.9 Å². The number of hydrogen-bond acceptors (Lipinski definition) is 2. The smallest absolute Gasteiger partial charge is 0.246 e. The zero-order valence-corrected chi connectivity index (χ0v) is 9.48. The van der Waals surface area contributed by atoms with E-state index in [2.05, 4.69) is 0 Å². The summed E-state index contributed by atoms with van der Waals surface area (Å²) < 4.78 is 4.93. The molecule has 4 bridgehead atoms. The molecule has 17 heavy (non-hydrogen) atoms. The third-order valence-corrected chi connectivity index (χ3v) is 6.75. The van der Waals surface area contributed by atoms with Gasteiger partial charge in [-0.05, 0) is 41.9 Å². The summed E-state index contributed by atoms with van der Waals surface area (Å²) in [5.41, 5.74) is -0.173. The first-order valence-corrected chi connectivity index (χ1v) is 6.62. The van der Waals surface area contributed by atoms with Crippen LogP contribution in [0.25, 0.3) is 0 Å². The zero-order chi connectivity index (χ0) is 11.2. The Bertz CT molecular complexity index is 706. The van der Waals surface area contributed by atoms with E-state index in [-0.39, 0.29) is 11.4 Å². The van der Waals surface area contributed by atoms with Crippen LogP contribution in [0.15, 0.2) is 9.59 Å². The molecule has 0 radical (unpaired) electrons. The monoisotopic (exact) mass is 231 g/mol. The largest absolute Gasteiger partial charge is 0.347 e. The van der Waals surface area contributed by atoms with Gasteiger partial charge >= 0.3 is 11.4 Å². The lowest BCUT2D eigenvalue weighted by Crippen LogP contribution is -2.73. The summed E-state index contributed by atoms with van der Waals surface area (Å²) in [5, 5.41) is 0. The van der Waals surface area contributed by atoms with Crippen LogP contribution in [0.5, 0.6) is 0 Å². The Hall–Kier alpha value is -1.26. The average molecular weight is 231 g/mol. The highest BCUT2D eigenvalue weighted by Gasteiger charge is 2.83. The Kier molecular flexibility index (Phi) is 0.867. The second kappa shape index (κ2) is 1.85. The molecule has 0 aromatic carbocycles. The molecule has 6 aliphatic rings. The molecule has 4 saturated carbocycles. The van der Waals surface area contributed by atoms with Crippen molar-refractivity contribution in [2.24, 2.45) is 42.6 Å². The molecule has 0 unspecified atom stereocenters. The maximum atomic E-state index is 12.2. The van der Waals surface area contributed by atoms with Crippen LogP contribution in [0.3, 0.4) is 0 Å². The molecule has 3 heterocycles. The average Bonchev–Trinajstić information content (AvgIpc) is 2.80. The molecule has 0 amide bonds. The number of nitrogens with zero attached hydrogens (tertiary/aromatic N) is 3. The summed E-state index contributed by atoms with van der Waals surface area (Å²) in [5.74, 6) is 4.74. The minimum Gasteiger partial charge on any atom is -0.246 e. The first-order valence-electron chi connectivity index (χ1n) is 6.62. The van der Waals surface area contributed by atoms with Crippen molar-refractivity contribution < 1.29 is 0 Å². The van der Waals surface area contributed by atoms with Gasteiger partial charge in [0.25, 0.3) is 0 Å². The minimum absolute atomic E-state index is 0.0853. The Morgan fingerprint density at radius 1 is 0.882 bits per heavy atom. The Labute approximate surface area is 96.6 Å². The van der Waals surface area contributed by atoms with E-state index in [1.807, 2.05) is 9.36 Å².